The molecule has 0 aliphatic rings. The Labute approximate surface area is 111 Å². The Morgan fingerprint density at radius 3 is 2.00 bits per heavy atom. The third-order valence-corrected chi connectivity index (χ3v) is 2.61. The summed E-state index contributed by atoms with van der Waals surface area (Å²) in [5, 5.41) is 3.19. The topological polar surface area (TPSA) is 49.0 Å². The van der Waals surface area contributed by atoms with E-state index in [1.165, 1.54) is 0 Å². The highest BCUT2D eigenvalue weighted by atomic mass is 16.6. The van der Waals surface area contributed by atoms with Gasteiger partial charge in [-0.1, -0.05) is 0 Å². The summed E-state index contributed by atoms with van der Waals surface area (Å²) in [5.74, 6) is 0. The van der Waals surface area contributed by atoms with Gasteiger partial charge >= 0.3 is 0 Å². The zero-order chi connectivity index (χ0) is 13.6. The van der Waals surface area contributed by atoms with Crippen molar-refractivity contribution in [3.05, 3.63) is 0 Å². The maximum atomic E-state index is 5.63. The molecule has 0 spiro atoms. The van der Waals surface area contributed by atoms with Crippen LogP contribution >= 0.6 is 0 Å². The molecule has 110 valence electrons. The molecule has 18 heavy (non-hydrogen) atoms. The Balaban J connectivity index is 3.15. The van der Waals surface area contributed by atoms with Gasteiger partial charge in [-0.2, -0.15) is 0 Å². The highest BCUT2D eigenvalue weighted by Gasteiger charge is 2.06. The Hall–Kier alpha value is -0.200. The van der Waals surface area contributed by atoms with Gasteiger partial charge in [0, 0.05) is 13.2 Å². The quantitative estimate of drug-likeness (QED) is 0.504. The van der Waals surface area contributed by atoms with Crippen LogP contribution in [0.25, 0.3) is 0 Å². The third kappa shape index (κ3) is 12.3. The summed E-state index contributed by atoms with van der Waals surface area (Å²) in [6.45, 7) is 7.95. The number of methoxy groups -OCH3 is 1. The van der Waals surface area contributed by atoms with Crippen molar-refractivity contribution in [1.82, 2.24) is 5.32 Å². The summed E-state index contributed by atoms with van der Waals surface area (Å²) in [6.07, 6.45) is 1.27. The summed E-state index contributed by atoms with van der Waals surface area (Å²) >= 11 is 0. The smallest absolute Gasteiger partial charge is 0.0704 e. The molecule has 0 aromatic heterocycles. The summed E-state index contributed by atoms with van der Waals surface area (Å²) in [7, 11) is 3.62. The monoisotopic (exact) mass is 263 g/mol. The van der Waals surface area contributed by atoms with Crippen molar-refractivity contribution in [2.45, 2.75) is 32.4 Å². The molecule has 1 N–H and O–H groups in total. The largest absolute Gasteiger partial charge is 0.382 e. The molecular weight excluding hydrogens is 234 g/mol. The lowest BCUT2D eigenvalue weighted by molar-refractivity contribution is -0.0151. The molecular formula is C13H29NO4. The van der Waals surface area contributed by atoms with Gasteiger partial charge in [0.15, 0.2) is 0 Å². The Morgan fingerprint density at radius 2 is 1.44 bits per heavy atom. The van der Waals surface area contributed by atoms with E-state index in [-0.39, 0.29) is 6.10 Å². The average molecular weight is 263 g/mol. The van der Waals surface area contributed by atoms with Crippen LogP contribution in [0.5, 0.6) is 0 Å². The fourth-order valence-corrected chi connectivity index (χ4v) is 1.46. The number of ether oxygens (including phenoxy) is 4. The first-order valence-corrected chi connectivity index (χ1v) is 6.64. The highest BCUT2D eigenvalue weighted by molar-refractivity contribution is 4.62. The lowest BCUT2D eigenvalue weighted by Gasteiger charge is -2.17. The molecule has 0 heterocycles. The van der Waals surface area contributed by atoms with Crippen molar-refractivity contribution in [3.63, 3.8) is 0 Å². The molecule has 0 saturated heterocycles. The zero-order valence-electron chi connectivity index (χ0n) is 12.2. The first-order chi connectivity index (χ1) is 8.70. The molecule has 0 aromatic carbocycles. The van der Waals surface area contributed by atoms with Crippen LogP contribution in [0.1, 0.15) is 20.3 Å². The number of hydrogen-bond acceptors (Lipinski definition) is 5. The van der Waals surface area contributed by atoms with Crippen LogP contribution < -0.4 is 5.32 Å². The molecule has 5 heteroatoms. The summed E-state index contributed by atoms with van der Waals surface area (Å²) in [4.78, 5) is 0. The summed E-state index contributed by atoms with van der Waals surface area (Å²) < 4.78 is 21.2. The van der Waals surface area contributed by atoms with Crippen LogP contribution in [0.2, 0.25) is 0 Å². The molecule has 0 aliphatic heterocycles. The number of hydrogen-bond donors (Lipinski definition) is 1. The van der Waals surface area contributed by atoms with Crippen LogP contribution in [0, 0.1) is 0 Å². The van der Waals surface area contributed by atoms with E-state index in [0.717, 1.165) is 6.42 Å². The Kier molecular flexibility index (Phi) is 13.1. The second-order valence-corrected chi connectivity index (χ2v) is 4.32. The van der Waals surface area contributed by atoms with Gasteiger partial charge in [-0.15, -0.1) is 0 Å². The van der Waals surface area contributed by atoms with Crippen molar-refractivity contribution in [2.75, 3.05) is 53.8 Å². The van der Waals surface area contributed by atoms with Crippen molar-refractivity contribution < 1.29 is 18.9 Å². The average Bonchev–Trinajstić information content (AvgIpc) is 2.36. The minimum absolute atomic E-state index is 0.258. The molecule has 0 aromatic rings. The van der Waals surface area contributed by atoms with E-state index in [0.29, 0.717) is 45.7 Å². The number of nitrogens with one attached hydrogen (secondary N) is 1. The lowest BCUT2D eigenvalue weighted by Crippen LogP contribution is -2.27. The molecule has 0 aliphatic carbocycles. The van der Waals surface area contributed by atoms with Crippen molar-refractivity contribution >= 4 is 0 Å². The SMILES string of the molecule is CNC(C)CC(C)OCCOCCOCCOC. The maximum Gasteiger partial charge on any atom is 0.0704 e. The molecule has 0 fully saturated rings. The molecule has 0 rings (SSSR count). The van der Waals surface area contributed by atoms with Gasteiger partial charge in [0.1, 0.15) is 0 Å². The fraction of sp³-hybridized carbons (Fsp3) is 1.00. The molecule has 0 amide bonds. The van der Waals surface area contributed by atoms with E-state index < -0.39 is 0 Å². The van der Waals surface area contributed by atoms with E-state index in [1.54, 1.807) is 7.11 Å². The molecule has 0 bridgehead atoms. The minimum atomic E-state index is 0.258. The minimum Gasteiger partial charge on any atom is -0.382 e. The second-order valence-electron chi connectivity index (χ2n) is 4.32. The fourth-order valence-electron chi connectivity index (χ4n) is 1.46. The Bertz CT molecular complexity index is 169. The normalized spacial score (nSPS) is 14.7. The van der Waals surface area contributed by atoms with E-state index in [2.05, 4.69) is 19.2 Å². The summed E-state index contributed by atoms with van der Waals surface area (Å²) in [6, 6.07) is 0.482. The predicted molar refractivity (Wildman–Crippen MR) is 72.1 cm³/mol. The van der Waals surface area contributed by atoms with Crippen molar-refractivity contribution in [3.8, 4) is 0 Å². The third-order valence-electron chi connectivity index (χ3n) is 2.61. The Morgan fingerprint density at radius 1 is 0.889 bits per heavy atom. The van der Waals surface area contributed by atoms with Crippen LogP contribution in [-0.2, 0) is 18.9 Å². The van der Waals surface area contributed by atoms with Gasteiger partial charge in [0.25, 0.3) is 0 Å². The van der Waals surface area contributed by atoms with Crippen LogP contribution in [0.15, 0.2) is 0 Å². The number of rotatable bonds is 13. The highest BCUT2D eigenvalue weighted by Crippen LogP contribution is 2.01. The van der Waals surface area contributed by atoms with Gasteiger partial charge in [0.05, 0.1) is 45.7 Å². The van der Waals surface area contributed by atoms with Gasteiger partial charge in [-0.05, 0) is 27.3 Å². The van der Waals surface area contributed by atoms with E-state index in [1.807, 2.05) is 7.05 Å². The standard InChI is InChI=1S/C13H29NO4/c1-12(14-3)11-13(2)18-10-9-17-8-7-16-6-5-15-4/h12-14H,5-11H2,1-4H3. The van der Waals surface area contributed by atoms with E-state index in [9.17, 15) is 0 Å². The van der Waals surface area contributed by atoms with Gasteiger partial charge in [0.2, 0.25) is 0 Å². The molecule has 0 saturated carbocycles. The van der Waals surface area contributed by atoms with Crippen LogP contribution in [-0.4, -0.2) is 65.9 Å². The molecule has 0 radical (unpaired) electrons. The first kappa shape index (κ1) is 17.8. The van der Waals surface area contributed by atoms with E-state index in [4.69, 9.17) is 18.9 Å². The maximum absolute atomic E-state index is 5.63. The first-order valence-electron chi connectivity index (χ1n) is 6.64. The predicted octanol–water partition coefficient (Wildman–Crippen LogP) is 1.07. The van der Waals surface area contributed by atoms with E-state index >= 15 is 0 Å². The lowest BCUT2D eigenvalue weighted by atomic mass is 10.1. The zero-order valence-corrected chi connectivity index (χ0v) is 12.2. The summed E-state index contributed by atoms with van der Waals surface area (Å²) in [5.41, 5.74) is 0. The van der Waals surface area contributed by atoms with Gasteiger partial charge < -0.3 is 24.3 Å². The molecule has 2 unspecified atom stereocenters. The van der Waals surface area contributed by atoms with Gasteiger partial charge in [-0.3, -0.25) is 0 Å². The van der Waals surface area contributed by atoms with Gasteiger partial charge in [-0.25, -0.2) is 0 Å². The second kappa shape index (κ2) is 13.2. The van der Waals surface area contributed by atoms with Crippen molar-refractivity contribution in [2.24, 2.45) is 0 Å². The van der Waals surface area contributed by atoms with Crippen molar-refractivity contribution in [1.29, 1.82) is 0 Å². The molecule has 2 atom stereocenters. The van der Waals surface area contributed by atoms with Crippen LogP contribution in [0.4, 0.5) is 0 Å². The molecule has 5 nitrogen and oxygen atoms in total. The van der Waals surface area contributed by atoms with Crippen LogP contribution in [0.3, 0.4) is 0 Å².